The monoisotopic (exact) mass is 413 g/mol. The fourth-order valence-electron chi connectivity index (χ4n) is 2.49. The van der Waals surface area contributed by atoms with E-state index in [4.69, 9.17) is 11.6 Å². The van der Waals surface area contributed by atoms with Crippen molar-refractivity contribution in [3.8, 4) is 0 Å². The second-order valence-corrected chi connectivity index (χ2v) is 7.76. The maximum atomic E-state index is 12.8. The van der Waals surface area contributed by atoms with Crippen LogP contribution >= 0.6 is 23.4 Å². The van der Waals surface area contributed by atoms with Gasteiger partial charge in [-0.1, -0.05) is 42.4 Å². The SMILES string of the molecule is CC1CN(C(=O)Nc2cccc(C(F)(F)F)c2)C(=Nc2cccc(Cl)c2)S1. The van der Waals surface area contributed by atoms with Crippen LogP contribution in [0.2, 0.25) is 5.02 Å². The third kappa shape index (κ3) is 4.95. The molecule has 1 heterocycles. The van der Waals surface area contributed by atoms with Crippen molar-refractivity contribution in [3.05, 3.63) is 59.1 Å². The summed E-state index contributed by atoms with van der Waals surface area (Å²) in [6.07, 6.45) is -4.47. The fraction of sp³-hybridized carbons (Fsp3) is 0.222. The zero-order chi connectivity index (χ0) is 19.6. The van der Waals surface area contributed by atoms with Crippen LogP contribution in [0.15, 0.2) is 53.5 Å². The van der Waals surface area contributed by atoms with E-state index in [-0.39, 0.29) is 10.9 Å². The summed E-state index contributed by atoms with van der Waals surface area (Å²) in [7, 11) is 0. The van der Waals surface area contributed by atoms with Crippen LogP contribution in [0.5, 0.6) is 0 Å². The van der Waals surface area contributed by atoms with Gasteiger partial charge in [0.15, 0.2) is 5.17 Å². The summed E-state index contributed by atoms with van der Waals surface area (Å²) in [6, 6.07) is 10.9. The lowest BCUT2D eigenvalue weighted by Gasteiger charge is -2.17. The highest BCUT2D eigenvalue weighted by Crippen LogP contribution is 2.32. The van der Waals surface area contributed by atoms with Gasteiger partial charge in [0.05, 0.1) is 11.3 Å². The zero-order valence-electron chi connectivity index (χ0n) is 14.1. The van der Waals surface area contributed by atoms with Gasteiger partial charge in [0.1, 0.15) is 0 Å². The topological polar surface area (TPSA) is 44.7 Å². The van der Waals surface area contributed by atoms with Crippen LogP contribution in [0.25, 0.3) is 0 Å². The summed E-state index contributed by atoms with van der Waals surface area (Å²) in [5.41, 5.74) is -0.158. The quantitative estimate of drug-likeness (QED) is 0.654. The van der Waals surface area contributed by atoms with E-state index in [0.717, 1.165) is 12.1 Å². The molecule has 0 radical (unpaired) electrons. The van der Waals surface area contributed by atoms with Crippen LogP contribution in [0.3, 0.4) is 0 Å². The van der Waals surface area contributed by atoms with E-state index >= 15 is 0 Å². The van der Waals surface area contributed by atoms with Crippen molar-refractivity contribution in [1.82, 2.24) is 4.90 Å². The molecule has 1 unspecified atom stereocenters. The van der Waals surface area contributed by atoms with Crippen LogP contribution in [-0.4, -0.2) is 27.9 Å². The number of anilines is 1. The zero-order valence-corrected chi connectivity index (χ0v) is 15.7. The molecule has 0 aromatic heterocycles. The Morgan fingerprint density at radius 3 is 2.70 bits per heavy atom. The number of rotatable bonds is 2. The van der Waals surface area contributed by atoms with Gasteiger partial charge in [0.25, 0.3) is 0 Å². The largest absolute Gasteiger partial charge is 0.416 e. The first-order valence-corrected chi connectivity index (χ1v) is 9.25. The molecule has 1 aliphatic heterocycles. The first-order valence-electron chi connectivity index (χ1n) is 7.99. The van der Waals surface area contributed by atoms with Gasteiger partial charge in [-0.05, 0) is 36.4 Å². The lowest BCUT2D eigenvalue weighted by Crippen LogP contribution is -2.36. The van der Waals surface area contributed by atoms with Crippen LogP contribution in [-0.2, 0) is 6.18 Å². The Kier molecular flexibility index (Phi) is 5.67. The van der Waals surface area contributed by atoms with Gasteiger partial charge in [-0.25, -0.2) is 9.79 Å². The van der Waals surface area contributed by atoms with Crippen molar-refractivity contribution in [3.63, 3.8) is 0 Å². The molecule has 0 spiro atoms. The fourth-order valence-corrected chi connectivity index (χ4v) is 3.70. The van der Waals surface area contributed by atoms with Gasteiger partial charge in [-0.15, -0.1) is 0 Å². The highest BCUT2D eigenvalue weighted by atomic mass is 35.5. The maximum absolute atomic E-state index is 12.8. The van der Waals surface area contributed by atoms with Crippen LogP contribution < -0.4 is 5.32 Å². The number of thioether (sulfide) groups is 1. The van der Waals surface area contributed by atoms with Crippen molar-refractivity contribution in [2.45, 2.75) is 18.3 Å². The summed E-state index contributed by atoms with van der Waals surface area (Å²) in [5, 5.41) is 3.61. The molecule has 4 nitrogen and oxygen atoms in total. The van der Waals surface area contributed by atoms with Gasteiger partial charge < -0.3 is 5.32 Å². The Hall–Kier alpha value is -2.19. The molecule has 1 fully saturated rings. The summed E-state index contributed by atoms with van der Waals surface area (Å²) < 4.78 is 38.5. The van der Waals surface area contributed by atoms with Gasteiger partial charge in [0, 0.05) is 22.5 Å². The average Bonchev–Trinajstić information content (AvgIpc) is 2.95. The standard InChI is InChI=1S/C18H15ClF3N3OS/c1-11-10-25(17(27-11)24-15-7-3-5-13(19)9-15)16(26)23-14-6-2-4-12(8-14)18(20,21)22/h2-9,11H,10H2,1H3,(H,23,26). The lowest BCUT2D eigenvalue weighted by atomic mass is 10.2. The normalized spacial score (nSPS) is 18.8. The molecule has 1 saturated heterocycles. The number of nitrogens with zero attached hydrogens (tertiary/aromatic N) is 2. The molecule has 1 N–H and O–H groups in total. The number of halogens is 4. The maximum Gasteiger partial charge on any atom is 0.416 e. The van der Waals surface area contributed by atoms with Crippen molar-refractivity contribution < 1.29 is 18.0 Å². The van der Waals surface area contributed by atoms with Gasteiger partial charge in [0.2, 0.25) is 0 Å². The van der Waals surface area contributed by atoms with Crippen LogP contribution in [0.1, 0.15) is 12.5 Å². The molecule has 2 aromatic rings. The van der Waals surface area contributed by atoms with Crippen LogP contribution in [0, 0.1) is 0 Å². The Bertz CT molecular complexity index is 888. The van der Waals surface area contributed by atoms with E-state index in [1.165, 1.54) is 28.8 Å². The second-order valence-electron chi connectivity index (χ2n) is 5.92. The van der Waals surface area contributed by atoms with E-state index in [1.807, 2.05) is 6.92 Å². The minimum atomic E-state index is -4.47. The Balaban J connectivity index is 1.80. The van der Waals surface area contributed by atoms with Crippen LogP contribution in [0.4, 0.5) is 29.3 Å². The highest BCUT2D eigenvalue weighted by molar-refractivity contribution is 8.14. The molecule has 0 bridgehead atoms. The molecule has 0 aliphatic carbocycles. The number of nitrogens with one attached hydrogen (secondary N) is 1. The number of urea groups is 1. The van der Waals surface area contributed by atoms with Gasteiger partial charge >= 0.3 is 12.2 Å². The van der Waals surface area contributed by atoms with E-state index < -0.39 is 17.8 Å². The summed E-state index contributed by atoms with van der Waals surface area (Å²) in [4.78, 5) is 18.5. The van der Waals surface area contributed by atoms with E-state index in [0.29, 0.717) is 22.4 Å². The first kappa shape index (κ1) is 19.6. The molecule has 3 rings (SSSR count). The van der Waals surface area contributed by atoms with Gasteiger partial charge in [-0.2, -0.15) is 13.2 Å². The average molecular weight is 414 g/mol. The van der Waals surface area contributed by atoms with Crippen molar-refractivity contribution in [2.75, 3.05) is 11.9 Å². The number of aliphatic imine (C=N–C) groups is 1. The minimum absolute atomic E-state index is 0.0708. The molecular weight excluding hydrogens is 399 g/mol. The molecule has 27 heavy (non-hydrogen) atoms. The minimum Gasteiger partial charge on any atom is -0.307 e. The highest BCUT2D eigenvalue weighted by Gasteiger charge is 2.32. The number of carbonyl (C=O) groups excluding carboxylic acids is 1. The third-order valence-corrected chi connectivity index (χ3v) is 5.01. The Labute approximate surface area is 163 Å². The summed E-state index contributed by atoms with van der Waals surface area (Å²) >= 11 is 7.37. The molecule has 2 aromatic carbocycles. The summed E-state index contributed by atoms with van der Waals surface area (Å²) in [6.45, 7) is 2.34. The smallest absolute Gasteiger partial charge is 0.307 e. The van der Waals surface area contributed by atoms with Crippen molar-refractivity contribution in [2.24, 2.45) is 4.99 Å². The number of benzene rings is 2. The first-order chi connectivity index (χ1) is 12.7. The van der Waals surface area contributed by atoms with E-state index in [9.17, 15) is 18.0 Å². The molecule has 142 valence electrons. The van der Waals surface area contributed by atoms with Gasteiger partial charge in [-0.3, -0.25) is 4.90 Å². The number of amides is 2. The number of hydrogen-bond acceptors (Lipinski definition) is 3. The third-order valence-electron chi connectivity index (χ3n) is 3.70. The van der Waals surface area contributed by atoms with E-state index in [2.05, 4.69) is 10.3 Å². The molecule has 1 atom stereocenters. The molecule has 0 saturated carbocycles. The number of alkyl halides is 3. The number of amidine groups is 1. The lowest BCUT2D eigenvalue weighted by molar-refractivity contribution is -0.137. The van der Waals surface area contributed by atoms with Crippen molar-refractivity contribution in [1.29, 1.82) is 0 Å². The summed E-state index contributed by atoms with van der Waals surface area (Å²) in [5.74, 6) is 0. The van der Waals surface area contributed by atoms with Crippen molar-refractivity contribution >= 4 is 45.9 Å². The molecule has 1 aliphatic rings. The number of carbonyl (C=O) groups is 1. The Morgan fingerprint density at radius 2 is 2.00 bits per heavy atom. The second kappa shape index (κ2) is 7.82. The predicted octanol–water partition coefficient (Wildman–Crippen LogP) is 6.02. The number of hydrogen-bond donors (Lipinski definition) is 1. The van der Waals surface area contributed by atoms with E-state index in [1.54, 1.807) is 24.3 Å². The molecular formula is C18H15ClF3N3OS. The molecule has 2 amide bonds. The predicted molar refractivity (Wildman–Crippen MR) is 103 cm³/mol. The Morgan fingerprint density at radius 1 is 1.26 bits per heavy atom. The molecule has 9 heteroatoms.